The van der Waals surface area contributed by atoms with Gasteiger partial charge in [0.05, 0.1) is 25.9 Å². The Morgan fingerprint density at radius 2 is 1.54 bits per heavy atom. The fraction of sp³-hybridized carbons (Fsp3) is 0.455. The van der Waals surface area contributed by atoms with Crippen LogP contribution in [0.2, 0.25) is 0 Å². The van der Waals surface area contributed by atoms with Gasteiger partial charge in [0.25, 0.3) is 0 Å². The molecule has 138 valence electrons. The summed E-state index contributed by atoms with van der Waals surface area (Å²) in [4.78, 5) is 0. The third kappa shape index (κ3) is 4.33. The maximum Gasteiger partial charge on any atom is 0.114 e. The molecule has 2 aliphatic rings. The Morgan fingerprint density at radius 3 is 2.31 bits per heavy atom. The van der Waals surface area contributed by atoms with Gasteiger partial charge in [-0.1, -0.05) is 60.7 Å². The SMILES string of the molecule is c1ccc(CCCN[C@@H]2CO[C@@H]3[C@@H]2OC[C@H]3OCc2ccccc2)cc1. The summed E-state index contributed by atoms with van der Waals surface area (Å²) in [7, 11) is 0. The van der Waals surface area contributed by atoms with Crippen LogP contribution in [0.25, 0.3) is 0 Å². The topological polar surface area (TPSA) is 39.7 Å². The van der Waals surface area contributed by atoms with E-state index in [0.717, 1.165) is 19.4 Å². The van der Waals surface area contributed by atoms with Crippen molar-refractivity contribution >= 4 is 0 Å². The van der Waals surface area contributed by atoms with Crippen LogP contribution in [0, 0.1) is 0 Å². The maximum atomic E-state index is 6.06. The molecule has 4 rings (SSSR count). The van der Waals surface area contributed by atoms with E-state index in [9.17, 15) is 0 Å². The number of ether oxygens (including phenoxy) is 3. The molecule has 2 aliphatic heterocycles. The quantitative estimate of drug-likeness (QED) is 0.741. The van der Waals surface area contributed by atoms with E-state index in [1.54, 1.807) is 0 Å². The van der Waals surface area contributed by atoms with Crippen LogP contribution in [-0.4, -0.2) is 44.1 Å². The zero-order chi connectivity index (χ0) is 17.6. The molecular formula is C22H27NO3. The number of aryl methyl sites for hydroxylation is 1. The summed E-state index contributed by atoms with van der Waals surface area (Å²) >= 11 is 0. The van der Waals surface area contributed by atoms with Gasteiger partial charge in [-0.15, -0.1) is 0 Å². The molecule has 2 aromatic carbocycles. The first kappa shape index (κ1) is 17.7. The molecule has 0 bridgehead atoms. The second-order valence-electron chi connectivity index (χ2n) is 7.08. The molecule has 0 unspecified atom stereocenters. The van der Waals surface area contributed by atoms with Crippen LogP contribution >= 0.6 is 0 Å². The number of fused-ring (bicyclic) bond motifs is 1. The maximum absolute atomic E-state index is 6.06. The number of hydrogen-bond donors (Lipinski definition) is 1. The highest BCUT2D eigenvalue weighted by molar-refractivity contribution is 5.15. The molecule has 0 spiro atoms. The van der Waals surface area contributed by atoms with Gasteiger partial charge in [0.15, 0.2) is 0 Å². The van der Waals surface area contributed by atoms with Crippen molar-refractivity contribution < 1.29 is 14.2 Å². The highest BCUT2D eigenvalue weighted by atomic mass is 16.6. The van der Waals surface area contributed by atoms with Crippen molar-refractivity contribution in [3.8, 4) is 0 Å². The van der Waals surface area contributed by atoms with Gasteiger partial charge < -0.3 is 19.5 Å². The second-order valence-corrected chi connectivity index (χ2v) is 7.08. The molecule has 0 aliphatic carbocycles. The molecule has 2 heterocycles. The summed E-state index contributed by atoms with van der Waals surface area (Å²) in [6.45, 7) is 2.90. The van der Waals surface area contributed by atoms with E-state index in [1.165, 1.54) is 11.1 Å². The van der Waals surface area contributed by atoms with Gasteiger partial charge in [-0.3, -0.25) is 0 Å². The van der Waals surface area contributed by atoms with Crippen LogP contribution in [0.5, 0.6) is 0 Å². The van der Waals surface area contributed by atoms with Crippen LogP contribution in [0.1, 0.15) is 17.5 Å². The van der Waals surface area contributed by atoms with Crippen molar-refractivity contribution in [2.45, 2.75) is 43.8 Å². The summed E-state index contributed by atoms with van der Waals surface area (Å²) in [6.07, 6.45) is 2.39. The zero-order valence-electron chi connectivity index (χ0n) is 15.1. The van der Waals surface area contributed by atoms with E-state index in [-0.39, 0.29) is 24.4 Å². The Balaban J connectivity index is 1.19. The first-order chi connectivity index (χ1) is 12.9. The van der Waals surface area contributed by atoms with Gasteiger partial charge in [-0.25, -0.2) is 0 Å². The van der Waals surface area contributed by atoms with Crippen molar-refractivity contribution in [2.75, 3.05) is 19.8 Å². The van der Waals surface area contributed by atoms with Crippen molar-refractivity contribution in [1.82, 2.24) is 5.32 Å². The van der Waals surface area contributed by atoms with E-state index in [1.807, 2.05) is 18.2 Å². The smallest absolute Gasteiger partial charge is 0.114 e. The van der Waals surface area contributed by atoms with E-state index in [2.05, 4.69) is 47.8 Å². The first-order valence-corrected chi connectivity index (χ1v) is 9.56. The standard InChI is InChI=1S/C22H27NO3/c1-3-8-17(9-4-1)12-7-13-23-19-15-25-22-20(16-26-21(19)22)24-14-18-10-5-2-6-11-18/h1-6,8-11,19-23H,7,12-16H2/t19-,20-,21-,22+/m1/s1. The minimum absolute atomic E-state index is 0.0244. The largest absolute Gasteiger partial charge is 0.371 e. The lowest BCUT2D eigenvalue weighted by atomic mass is 10.1. The van der Waals surface area contributed by atoms with Crippen molar-refractivity contribution in [1.29, 1.82) is 0 Å². The van der Waals surface area contributed by atoms with Crippen LogP contribution in [0.4, 0.5) is 0 Å². The van der Waals surface area contributed by atoms with Gasteiger partial charge in [0, 0.05) is 0 Å². The fourth-order valence-corrected chi connectivity index (χ4v) is 3.78. The highest BCUT2D eigenvalue weighted by Gasteiger charge is 2.47. The predicted molar refractivity (Wildman–Crippen MR) is 101 cm³/mol. The molecule has 2 aromatic rings. The van der Waals surface area contributed by atoms with Crippen LogP contribution in [-0.2, 0) is 27.2 Å². The summed E-state index contributed by atoms with van der Waals surface area (Å²) in [6, 6.07) is 21.1. The molecule has 0 aromatic heterocycles. The minimum atomic E-state index is 0.0244. The molecule has 4 nitrogen and oxygen atoms in total. The van der Waals surface area contributed by atoms with Crippen LogP contribution in [0.3, 0.4) is 0 Å². The molecule has 0 saturated carbocycles. The number of hydrogen-bond acceptors (Lipinski definition) is 4. The predicted octanol–water partition coefficient (Wildman–Crippen LogP) is 2.96. The molecule has 2 fully saturated rings. The van der Waals surface area contributed by atoms with Gasteiger partial charge in [-0.2, -0.15) is 0 Å². The third-order valence-electron chi connectivity index (χ3n) is 5.21. The van der Waals surface area contributed by atoms with E-state index in [0.29, 0.717) is 19.8 Å². The summed E-state index contributed by atoms with van der Waals surface area (Å²) in [5.41, 5.74) is 2.57. The lowest BCUT2D eigenvalue weighted by Crippen LogP contribution is -2.41. The van der Waals surface area contributed by atoms with Crippen molar-refractivity contribution in [3.63, 3.8) is 0 Å². The van der Waals surface area contributed by atoms with Gasteiger partial charge >= 0.3 is 0 Å². The van der Waals surface area contributed by atoms with Crippen LogP contribution < -0.4 is 5.32 Å². The van der Waals surface area contributed by atoms with Gasteiger partial charge in [0.2, 0.25) is 0 Å². The number of rotatable bonds is 8. The van der Waals surface area contributed by atoms with E-state index < -0.39 is 0 Å². The molecule has 0 radical (unpaired) electrons. The number of nitrogens with one attached hydrogen (secondary N) is 1. The zero-order valence-corrected chi connectivity index (χ0v) is 15.1. The molecule has 26 heavy (non-hydrogen) atoms. The molecule has 1 N–H and O–H groups in total. The van der Waals surface area contributed by atoms with Crippen molar-refractivity contribution in [2.24, 2.45) is 0 Å². The summed E-state index contributed by atoms with van der Waals surface area (Å²) in [5.74, 6) is 0. The van der Waals surface area contributed by atoms with Gasteiger partial charge in [0.1, 0.15) is 18.3 Å². The Labute approximate surface area is 155 Å². The highest BCUT2D eigenvalue weighted by Crippen LogP contribution is 2.29. The average molecular weight is 353 g/mol. The monoisotopic (exact) mass is 353 g/mol. The molecule has 4 atom stereocenters. The van der Waals surface area contributed by atoms with Crippen molar-refractivity contribution in [3.05, 3.63) is 71.8 Å². The lowest BCUT2D eigenvalue weighted by Gasteiger charge is -2.18. The van der Waals surface area contributed by atoms with Crippen LogP contribution in [0.15, 0.2) is 60.7 Å². The Hall–Kier alpha value is -1.72. The Bertz CT molecular complexity index is 664. The fourth-order valence-electron chi connectivity index (χ4n) is 3.78. The van der Waals surface area contributed by atoms with E-state index in [4.69, 9.17) is 14.2 Å². The Kier molecular flexibility index (Phi) is 5.97. The first-order valence-electron chi connectivity index (χ1n) is 9.56. The lowest BCUT2D eigenvalue weighted by molar-refractivity contribution is -0.0393. The van der Waals surface area contributed by atoms with E-state index >= 15 is 0 Å². The average Bonchev–Trinajstić information content (AvgIpc) is 3.28. The normalized spacial score (nSPS) is 27.5. The molecule has 4 heteroatoms. The molecular weight excluding hydrogens is 326 g/mol. The minimum Gasteiger partial charge on any atom is -0.371 e. The van der Waals surface area contributed by atoms with Gasteiger partial charge in [-0.05, 0) is 30.5 Å². The molecule has 2 saturated heterocycles. The third-order valence-corrected chi connectivity index (χ3v) is 5.21. The molecule has 0 amide bonds. The number of benzene rings is 2. The summed E-state index contributed by atoms with van der Waals surface area (Å²) < 4.78 is 18.0. The summed E-state index contributed by atoms with van der Waals surface area (Å²) in [5, 5.41) is 3.61. The second kappa shape index (κ2) is 8.78. The Morgan fingerprint density at radius 1 is 0.846 bits per heavy atom.